The standard InChI is InChI=1S/C13H16N2O3S/c1-13(11(17)14-7-4-8-16)12(18)15-9-5-2-3-6-10(9)19-13/h2-3,5-6,16H,4,7-8H2,1H3,(H,14,17)(H,15,18)/t13-/m0/s1. The summed E-state index contributed by atoms with van der Waals surface area (Å²) in [6, 6.07) is 7.39. The lowest BCUT2D eigenvalue weighted by atomic mass is 10.1. The second-order valence-corrected chi connectivity index (χ2v) is 5.88. The number of thioether (sulfide) groups is 1. The molecule has 5 nitrogen and oxygen atoms in total. The third kappa shape index (κ3) is 2.74. The summed E-state index contributed by atoms with van der Waals surface area (Å²) in [6.07, 6.45) is 0.477. The van der Waals surface area contributed by atoms with Crippen LogP contribution in [0.3, 0.4) is 0 Å². The molecular formula is C13H16N2O3S. The van der Waals surface area contributed by atoms with Crippen molar-refractivity contribution >= 4 is 29.3 Å². The first-order valence-corrected chi connectivity index (χ1v) is 6.88. The predicted octanol–water partition coefficient (Wildman–Crippen LogP) is 0.988. The Balaban J connectivity index is 2.15. The van der Waals surface area contributed by atoms with Gasteiger partial charge in [0.15, 0.2) is 4.75 Å². The molecule has 1 aromatic carbocycles. The predicted molar refractivity (Wildman–Crippen MR) is 74.0 cm³/mol. The monoisotopic (exact) mass is 280 g/mol. The van der Waals surface area contributed by atoms with Crippen LogP contribution in [0.4, 0.5) is 5.69 Å². The Bertz CT molecular complexity index is 506. The van der Waals surface area contributed by atoms with Crippen LogP contribution in [0.15, 0.2) is 29.2 Å². The number of para-hydroxylation sites is 1. The van der Waals surface area contributed by atoms with E-state index >= 15 is 0 Å². The summed E-state index contributed by atoms with van der Waals surface area (Å²) < 4.78 is -1.18. The molecule has 19 heavy (non-hydrogen) atoms. The van der Waals surface area contributed by atoms with Gasteiger partial charge in [-0.05, 0) is 25.5 Å². The van der Waals surface area contributed by atoms with Crippen LogP contribution in [0, 0.1) is 0 Å². The Morgan fingerprint density at radius 2 is 2.21 bits per heavy atom. The molecule has 1 aliphatic heterocycles. The first-order valence-electron chi connectivity index (χ1n) is 6.06. The van der Waals surface area contributed by atoms with E-state index in [-0.39, 0.29) is 18.4 Å². The van der Waals surface area contributed by atoms with Crippen LogP contribution in [0.2, 0.25) is 0 Å². The average Bonchev–Trinajstić information content (AvgIpc) is 2.40. The van der Waals surface area contributed by atoms with Crippen LogP contribution in [0.5, 0.6) is 0 Å². The summed E-state index contributed by atoms with van der Waals surface area (Å²) in [6.45, 7) is 1.98. The van der Waals surface area contributed by atoms with E-state index < -0.39 is 4.75 Å². The number of anilines is 1. The fourth-order valence-electron chi connectivity index (χ4n) is 1.77. The van der Waals surface area contributed by atoms with E-state index in [4.69, 9.17) is 5.11 Å². The van der Waals surface area contributed by atoms with E-state index in [2.05, 4.69) is 10.6 Å². The summed E-state index contributed by atoms with van der Waals surface area (Å²) in [5.74, 6) is -0.657. The number of aliphatic hydroxyl groups is 1. The first-order chi connectivity index (χ1) is 9.08. The van der Waals surface area contributed by atoms with Gasteiger partial charge in [0, 0.05) is 18.0 Å². The van der Waals surface area contributed by atoms with Gasteiger partial charge in [0.1, 0.15) is 0 Å². The van der Waals surface area contributed by atoms with Gasteiger partial charge >= 0.3 is 0 Å². The van der Waals surface area contributed by atoms with Crippen molar-refractivity contribution in [3.05, 3.63) is 24.3 Å². The summed E-state index contributed by atoms with van der Waals surface area (Å²) in [4.78, 5) is 25.1. The Morgan fingerprint density at radius 1 is 1.47 bits per heavy atom. The molecule has 0 saturated carbocycles. The van der Waals surface area contributed by atoms with E-state index in [0.717, 1.165) is 10.6 Å². The maximum Gasteiger partial charge on any atom is 0.250 e. The molecule has 0 bridgehead atoms. The molecule has 0 fully saturated rings. The number of carbonyl (C=O) groups is 2. The summed E-state index contributed by atoms with van der Waals surface area (Å²) in [7, 11) is 0. The van der Waals surface area contributed by atoms with Crippen molar-refractivity contribution in [2.24, 2.45) is 0 Å². The lowest BCUT2D eigenvalue weighted by molar-refractivity contribution is -0.129. The molecule has 0 saturated heterocycles. The molecule has 3 N–H and O–H groups in total. The molecule has 1 aliphatic rings. The first kappa shape index (κ1) is 13.9. The zero-order valence-corrected chi connectivity index (χ0v) is 11.4. The second-order valence-electron chi connectivity index (χ2n) is 4.42. The van der Waals surface area contributed by atoms with E-state index in [0.29, 0.717) is 13.0 Å². The van der Waals surface area contributed by atoms with Crippen LogP contribution in [-0.2, 0) is 9.59 Å². The van der Waals surface area contributed by atoms with Gasteiger partial charge in [-0.1, -0.05) is 23.9 Å². The molecule has 0 aliphatic carbocycles. The molecule has 0 aromatic heterocycles. The van der Waals surface area contributed by atoms with E-state index in [1.807, 2.05) is 24.3 Å². The Kier molecular flexibility index (Phi) is 4.11. The van der Waals surface area contributed by atoms with Gasteiger partial charge in [0.2, 0.25) is 11.8 Å². The van der Waals surface area contributed by atoms with Crippen LogP contribution >= 0.6 is 11.8 Å². The van der Waals surface area contributed by atoms with Crippen molar-refractivity contribution in [1.29, 1.82) is 0 Å². The zero-order valence-electron chi connectivity index (χ0n) is 10.6. The topological polar surface area (TPSA) is 78.4 Å². The molecule has 1 heterocycles. The smallest absolute Gasteiger partial charge is 0.250 e. The van der Waals surface area contributed by atoms with Crippen molar-refractivity contribution in [1.82, 2.24) is 5.32 Å². The molecule has 1 aromatic rings. The number of carbonyl (C=O) groups excluding carboxylic acids is 2. The summed E-state index contributed by atoms with van der Waals surface area (Å²) in [5.41, 5.74) is 0.734. The van der Waals surface area contributed by atoms with E-state index in [9.17, 15) is 9.59 Å². The number of hydrogen-bond donors (Lipinski definition) is 3. The fourth-order valence-corrected chi connectivity index (χ4v) is 2.89. The number of hydrogen-bond acceptors (Lipinski definition) is 4. The molecule has 0 unspecified atom stereocenters. The minimum atomic E-state index is -1.18. The lowest BCUT2D eigenvalue weighted by Crippen LogP contribution is -2.52. The molecular weight excluding hydrogens is 264 g/mol. The van der Waals surface area contributed by atoms with Gasteiger partial charge < -0.3 is 15.7 Å². The quantitative estimate of drug-likeness (QED) is 0.567. The van der Waals surface area contributed by atoms with E-state index in [1.165, 1.54) is 11.8 Å². The maximum absolute atomic E-state index is 12.1. The normalized spacial score (nSPS) is 21.5. The number of nitrogens with one attached hydrogen (secondary N) is 2. The van der Waals surface area contributed by atoms with Gasteiger partial charge in [0.05, 0.1) is 5.69 Å². The molecule has 1 atom stereocenters. The third-order valence-corrected chi connectivity index (χ3v) is 4.29. The maximum atomic E-state index is 12.1. The Hall–Kier alpha value is -1.53. The van der Waals surface area contributed by atoms with Crippen LogP contribution in [0.25, 0.3) is 0 Å². The number of aliphatic hydroxyl groups excluding tert-OH is 1. The highest BCUT2D eigenvalue weighted by Gasteiger charge is 2.45. The van der Waals surface area contributed by atoms with Gasteiger partial charge in [-0.25, -0.2) is 0 Å². The molecule has 0 radical (unpaired) electrons. The molecule has 0 spiro atoms. The highest BCUT2D eigenvalue weighted by molar-refractivity contribution is 8.02. The van der Waals surface area contributed by atoms with Gasteiger partial charge in [-0.2, -0.15) is 0 Å². The SMILES string of the molecule is C[C@@]1(C(=O)NCCCO)Sc2ccccc2NC1=O. The minimum Gasteiger partial charge on any atom is -0.396 e. The summed E-state index contributed by atoms with van der Waals surface area (Å²) in [5, 5.41) is 14.1. The Labute approximate surface area is 115 Å². The molecule has 102 valence electrons. The average molecular weight is 280 g/mol. The van der Waals surface area contributed by atoms with Crippen molar-refractivity contribution in [3.63, 3.8) is 0 Å². The highest BCUT2D eigenvalue weighted by atomic mass is 32.2. The van der Waals surface area contributed by atoms with Crippen LogP contribution in [0.1, 0.15) is 13.3 Å². The van der Waals surface area contributed by atoms with Crippen LogP contribution in [-0.4, -0.2) is 34.8 Å². The summed E-state index contributed by atoms with van der Waals surface area (Å²) >= 11 is 1.25. The zero-order chi connectivity index (χ0) is 13.9. The lowest BCUT2D eigenvalue weighted by Gasteiger charge is -2.31. The molecule has 6 heteroatoms. The second kappa shape index (κ2) is 5.63. The fraction of sp³-hybridized carbons (Fsp3) is 0.385. The van der Waals surface area contributed by atoms with E-state index in [1.54, 1.807) is 6.92 Å². The minimum absolute atomic E-state index is 0.0131. The highest BCUT2D eigenvalue weighted by Crippen LogP contribution is 2.42. The number of rotatable bonds is 4. The van der Waals surface area contributed by atoms with Crippen molar-refractivity contribution in [3.8, 4) is 0 Å². The third-order valence-electron chi connectivity index (χ3n) is 2.94. The number of benzene rings is 1. The van der Waals surface area contributed by atoms with Crippen molar-refractivity contribution in [2.75, 3.05) is 18.5 Å². The van der Waals surface area contributed by atoms with Crippen molar-refractivity contribution in [2.45, 2.75) is 23.0 Å². The number of fused-ring (bicyclic) bond motifs is 1. The van der Waals surface area contributed by atoms with Gasteiger partial charge in [0.25, 0.3) is 0 Å². The molecule has 2 rings (SSSR count). The number of amides is 2. The van der Waals surface area contributed by atoms with Gasteiger partial charge in [-0.3, -0.25) is 9.59 Å². The van der Waals surface area contributed by atoms with Crippen molar-refractivity contribution < 1.29 is 14.7 Å². The largest absolute Gasteiger partial charge is 0.396 e. The Morgan fingerprint density at radius 3 is 2.95 bits per heavy atom. The van der Waals surface area contributed by atoms with Gasteiger partial charge in [-0.15, -0.1) is 0 Å². The van der Waals surface area contributed by atoms with Crippen LogP contribution < -0.4 is 10.6 Å². The molecule has 2 amide bonds.